The number of rotatable bonds is 12. The summed E-state index contributed by atoms with van der Waals surface area (Å²) in [5, 5.41) is 3.83. The summed E-state index contributed by atoms with van der Waals surface area (Å²) < 4.78 is 8.21. The standard InChI is InChI=1S/C26H34ClN3O2/c1-4-20(5-2)26(31)28-15-8-12-25-29-23-10-6-7-11-24(23)30(25)16-9-17-32-21-13-14-22(27)19(3)18-21/h6-7,10-11,13-14,18,20H,4-5,8-9,12,15-17H2,1-3H3,(H,28,31). The molecule has 0 saturated carbocycles. The first kappa shape index (κ1) is 24.1. The third-order valence-electron chi connectivity index (χ3n) is 5.89. The van der Waals surface area contributed by atoms with Crippen LogP contribution in [0.4, 0.5) is 0 Å². The molecule has 1 heterocycles. The number of aromatic nitrogens is 2. The lowest BCUT2D eigenvalue weighted by Crippen LogP contribution is -2.31. The highest BCUT2D eigenvalue weighted by molar-refractivity contribution is 6.31. The number of ether oxygens (including phenoxy) is 1. The minimum absolute atomic E-state index is 0.115. The fraction of sp³-hybridized carbons (Fsp3) is 0.462. The molecule has 0 bridgehead atoms. The molecule has 1 amide bonds. The lowest BCUT2D eigenvalue weighted by Gasteiger charge is -2.13. The van der Waals surface area contributed by atoms with Crippen LogP contribution in [0.2, 0.25) is 5.02 Å². The number of halogens is 1. The van der Waals surface area contributed by atoms with Crippen molar-refractivity contribution in [2.45, 2.75) is 59.4 Å². The van der Waals surface area contributed by atoms with Crippen LogP contribution >= 0.6 is 11.6 Å². The zero-order chi connectivity index (χ0) is 22.9. The van der Waals surface area contributed by atoms with Gasteiger partial charge in [-0.1, -0.05) is 37.6 Å². The summed E-state index contributed by atoms with van der Waals surface area (Å²) in [5.74, 6) is 2.18. The number of nitrogens with zero attached hydrogens (tertiary/aromatic N) is 2. The van der Waals surface area contributed by atoms with Gasteiger partial charge in [-0.25, -0.2) is 4.98 Å². The van der Waals surface area contributed by atoms with Crippen molar-refractivity contribution in [2.75, 3.05) is 13.2 Å². The van der Waals surface area contributed by atoms with E-state index in [1.807, 2.05) is 37.3 Å². The Morgan fingerprint density at radius 2 is 1.94 bits per heavy atom. The molecule has 0 saturated heterocycles. The van der Waals surface area contributed by atoms with Gasteiger partial charge in [-0.05, 0) is 68.5 Å². The highest BCUT2D eigenvalue weighted by Gasteiger charge is 2.14. The average molecular weight is 456 g/mol. The van der Waals surface area contributed by atoms with Crippen LogP contribution in [0.15, 0.2) is 42.5 Å². The van der Waals surface area contributed by atoms with Crippen LogP contribution in [-0.2, 0) is 17.8 Å². The molecule has 0 unspecified atom stereocenters. The second-order valence-corrected chi connectivity index (χ2v) is 8.60. The number of nitrogens with one attached hydrogen (secondary N) is 1. The monoisotopic (exact) mass is 455 g/mol. The molecule has 0 aliphatic carbocycles. The number of carbonyl (C=O) groups is 1. The molecule has 1 N–H and O–H groups in total. The largest absolute Gasteiger partial charge is 0.494 e. The summed E-state index contributed by atoms with van der Waals surface area (Å²) in [5.41, 5.74) is 3.17. The lowest BCUT2D eigenvalue weighted by molar-refractivity contribution is -0.125. The van der Waals surface area contributed by atoms with Crippen molar-refractivity contribution in [1.82, 2.24) is 14.9 Å². The number of aryl methyl sites for hydroxylation is 3. The Morgan fingerprint density at radius 1 is 1.16 bits per heavy atom. The van der Waals surface area contributed by atoms with E-state index in [0.29, 0.717) is 13.2 Å². The molecule has 0 fully saturated rings. The van der Waals surface area contributed by atoms with Gasteiger partial charge in [0.2, 0.25) is 5.91 Å². The molecule has 172 valence electrons. The number of para-hydroxylation sites is 2. The zero-order valence-corrected chi connectivity index (χ0v) is 20.1. The van der Waals surface area contributed by atoms with Gasteiger partial charge in [0.05, 0.1) is 17.6 Å². The number of hydrogen-bond donors (Lipinski definition) is 1. The summed E-state index contributed by atoms with van der Waals surface area (Å²) in [6.07, 6.45) is 4.34. The predicted molar refractivity (Wildman–Crippen MR) is 131 cm³/mol. The van der Waals surface area contributed by atoms with Gasteiger partial charge < -0.3 is 14.6 Å². The van der Waals surface area contributed by atoms with Crippen molar-refractivity contribution in [3.8, 4) is 5.75 Å². The summed E-state index contributed by atoms with van der Waals surface area (Å²) >= 11 is 6.09. The van der Waals surface area contributed by atoms with Crippen LogP contribution in [0.5, 0.6) is 5.75 Å². The smallest absolute Gasteiger partial charge is 0.223 e. The Morgan fingerprint density at radius 3 is 2.69 bits per heavy atom. The first-order valence-corrected chi connectivity index (χ1v) is 12.0. The van der Waals surface area contributed by atoms with Crippen molar-refractivity contribution in [3.63, 3.8) is 0 Å². The second-order valence-electron chi connectivity index (χ2n) is 8.19. The highest BCUT2D eigenvalue weighted by atomic mass is 35.5. The van der Waals surface area contributed by atoms with E-state index in [1.54, 1.807) is 0 Å². The maximum absolute atomic E-state index is 12.2. The number of amides is 1. The molecule has 6 heteroatoms. The molecule has 32 heavy (non-hydrogen) atoms. The third kappa shape index (κ3) is 6.26. The minimum atomic E-state index is 0.115. The van der Waals surface area contributed by atoms with Crippen LogP contribution in [0, 0.1) is 12.8 Å². The van der Waals surface area contributed by atoms with E-state index >= 15 is 0 Å². The van der Waals surface area contributed by atoms with Crippen molar-refractivity contribution >= 4 is 28.5 Å². The van der Waals surface area contributed by atoms with E-state index in [4.69, 9.17) is 21.3 Å². The molecule has 0 aliphatic heterocycles. The second kappa shape index (κ2) is 11.9. The fourth-order valence-electron chi connectivity index (χ4n) is 3.95. The molecule has 0 spiro atoms. The Bertz CT molecular complexity index is 1030. The van der Waals surface area contributed by atoms with Gasteiger partial charge in [-0.3, -0.25) is 4.79 Å². The summed E-state index contributed by atoms with van der Waals surface area (Å²) in [4.78, 5) is 17.1. The summed E-state index contributed by atoms with van der Waals surface area (Å²) in [7, 11) is 0. The normalized spacial score (nSPS) is 11.3. The Balaban J connectivity index is 1.56. The van der Waals surface area contributed by atoms with Gasteiger partial charge in [0.15, 0.2) is 0 Å². The molecule has 5 nitrogen and oxygen atoms in total. The molecule has 3 rings (SSSR count). The van der Waals surface area contributed by atoms with E-state index in [2.05, 4.69) is 35.9 Å². The Kier molecular flexibility index (Phi) is 8.98. The Hall–Kier alpha value is -2.53. The van der Waals surface area contributed by atoms with Gasteiger partial charge in [0, 0.05) is 30.5 Å². The number of fused-ring (bicyclic) bond motifs is 1. The number of carbonyl (C=O) groups excluding carboxylic acids is 1. The van der Waals surface area contributed by atoms with Gasteiger partial charge >= 0.3 is 0 Å². The highest BCUT2D eigenvalue weighted by Crippen LogP contribution is 2.22. The van der Waals surface area contributed by atoms with Gasteiger partial charge in [-0.2, -0.15) is 0 Å². The fourth-order valence-corrected chi connectivity index (χ4v) is 4.06. The van der Waals surface area contributed by atoms with E-state index in [1.165, 1.54) is 0 Å². The molecule has 0 radical (unpaired) electrons. The first-order valence-electron chi connectivity index (χ1n) is 11.6. The van der Waals surface area contributed by atoms with Crippen molar-refractivity contribution in [2.24, 2.45) is 5.92 Å². The molecule has 1 aromatic heterocycles. The topological polar surface area (TPSA) is 56.2 Å². The van der Waals surface area contributed by atoms with Crippen LogP contribution in [0.25, 0.3) is 11.0 Å². The number of imidazole rings is 1. The third-order valence-corrected chi connectivity index (χ3v) is 6.31. The molecule has 3 aromatic rings. The quantitative estimate of drug-likeness (QED) is 0.343. The number of hydrogen-bond acceptors (Lipinski definition) is 3. The Labute approximate surface area is 196 Å². The van der Waals surface area contributed by atoms with E-state index in [-0.39, 0.29) is 11.8 Å². The maximum Gasteiger partial charge on any atom is 0.223 e. The van der Waals surface area contributed by atoms with Crippen LogP contribution in [0.3, 0.4) is 0 Å². The molecule has 0 aliphatic rings. The molecular weight excluding hydrogens is 422 g/mol. The van der Waals surface area contributed by atoms with Crippen LogP contribution in [0.1, 0.15) is 50.9 Å². The van der Waals surface area contributed by atoms with Crippen LogP contribution in [-0.4, -0.2) is 28.6 Å². The maximum atomic E-state index is 12.2. The summed E-state index contributed by atoms with van der Waals surface area (Å²) in [6, 6.07) is 14.0. The zero-order valence-electron chi connectivity index (χ0n) is 19.4. The number of benzene rings is 2. The van der Waals surface area contributed by atoms with E-state index < -0.39 is 0 Å². The van der Waals surface area contributed by atoms with Gasteiger partial charge in [0.25, 0.3) is 0 Å². The van der Waals surface area contributed by atoms with Gasteiger partial charge in [0.1, 0.15) is 11.6 Å². The lowest BCUT2D eigenvalue weighted by atomic mass is 10.0. The molecule has 2 aromatic carbocycles. The minimum Gasteiger partial charge on any atom is -0.494 e. The van der Waals surface area contributed by atoms with Crippen molar-refractivity contribution in [1.29, 1.82) is 0 Å². The van der Waals surface area contributed by atoms with Crippen molar-refractivity contribution < 1.29 is 9.53 Å². The predicted octanol–water partition coefficient (Wildman–Crippen LogP) is 5.95. The molecular formula is C26H34ClN3O2. The van der Waals surface area contributed by atoms with Gasteiger partial charge in [-0.15, -0.1) is 0 Å². The van der Waals surface area contributed by atoms with E-state index in [0.717, 1.165) is 71.8 Å². The van der Waals surface area contributed by atoms with Crippen molar-refractivity contribution in [3.05, 3.63) is 58.9 Å². The van der Waals surface area contributed by atoms with Crippen LogP contribution < -0.4 is 10.1 Å². The SMILES string of the molecule is CCC(CC)C(=O)NCCCc1nc2ccccc2n1CCCOc1ccc(Cl)c(C)c1. The molecule has 0 atom stereocenters. The first-order chi connectivity index (χ1) is 15.5. The van der Waals surface area contributed by atoms with E-state index in [9.17, 15) is 4.79 Å². The average Bonchev–Trinajstić information content (AvgIpc) is 3.15. The summed E-state index contributed by atoms with van der Waals surface area (Å²) in [6.45, 7) is 8.24.